The molecule has 0 N–H and O–H groups in total. The molecule has 252 valence electrons. The molecule has 0 atom stereocenters. The minimum atomic E-state index is -9.16. The fraction of sp³-hybridized carbons (Fsp3) is 0.947. The summed E-state index contributed by atoms with van der Waals surface area (Å²) < 4.78 is 273. The van der Waals surface area contributed by atoms with Gasteiger partial charge in [0.2, 0.25) is 0 Å². The Morgan fingerprint density at radius 3 is 0.905 bits per heavy atom. The second-order valence-corrected chi connectivity index (χ2v) is 10.1. The van der Waals surface area contributed by atoms with Crippen molar-refractivity contribution in [1.82, 2.24) is 4.90 Å². The molecule has 0 saturated heterocycles. The van der Waals surface area contributed by atoms with Gasteiger partial charge in [0.25, 0.3) is 5.91 Å². The van der Waals surface area contributed by atoms with Crippen LogP contribution in [0.25, 0.3) is 0 Å². The first-order valence-electron chi connectivity index (χ1n) is 10.7. The van der Waals surface area contributed by atoms with Crippen molar-refractivity contribution in [3.05, 3.63) is 0 Å². The van der Waals surface area contributed by atoms with Crippen LogP contribution in [0.4, 0.5) is 87.8 Å². The van der Waals surface area contributed by atoms with Crippen LogP contribution in [0.2, 0.25) is 0 Å². The minimum absolute atomic E-state index is 0.368. The number of alkyl halides is 21. The van der Waals surface area contributed by atoms with Gasteiger partial charge in [-0.05, 0) is 23.4 Å². The predicted molar refractivity (Wildman–Crippen MR) is 102 cm³/mol. The van der Waals surface area contributed by atoms with E-state index in [1.54, 1.807) is 0 Å². The maximum atomic E-state index is 14.3. The molecule has 0 aliphatic heterocycles. The van der Waals surface area contributed by atoms with E-state index in [1.165, 1.54) is 0 Å². The molecular formula is C19H18ClF20NO. The summed E-state index contributed by atoms with van der Waals surface area (Å²) in [5, 5.41) is -7.06. The van der Waals surface area contributed by atoms with Crippen molar-refractivity contribution in [2.45, 2.75) is 86.4 Å². The second kappa shape index (κ2) is 11.1. The molecule has 0 aromatic rings. The van der Waals surface area contributed by atoms with Crippen molar-refractivity contribution < 1.29 is 92.6 Å². The Hall–Kier alpha value is -1.64. The van der Waals surface area contributed by atoms with Gasteiger partial charge in [-0.1, -0.05) is 27.7 Å². The fourth-order valence-corrected chi connectivity index (χ4v) is 3.13. The Bertz CT molecular complexity index is 961. The van der Waals surface area contributed by atoms with Crippen LogP contribution in [0.1, 0.15) is 27.7 Å². The van der Waals surface area contributed by atoms with E-state index in [-0.39, 0.29) is 4.90 Å². The first-order valence-corrected chi connectivity index (χ1v) is 11.0. The van der Waals surface area contributed by atoms with Crippen LogP contribution in [0.5, 0.6) is 0 Å². The van der Waals surface area contributed by atoms with E-state index in [1.807, 2.05) is 0 Å². The summed E-state index contributed by atoms with van der Waals surface area (Å²) in [6.07, 6.45) is 0. The van der Waals surface area contributed by atoms with Crippen LogP contribution >= 0.6 is 11.6 Å². The van der Waals surface area contributed by atoms with E-state index in [9.17, 15) is 92.6 Å². The molecule has 23 heteroatoms. The molecule has 0 aromatic carbocycles. The van der Waals surface area contributed by atoms with E-state index >= 15 is 0 Å². The highest BCUT2D eigenvalue weighted by Crippen LogP contribution is 2.66. The summed E-state index contributed by atoms with van der Waals surface area (Å²) in [5.41, 5.74) is 0. The SMILES string of the molecule is CC(C)CN(CC(C)C)C(=O)C(F)(F)C(F)(F)C(F)(F)C(F)(F)C(F)(F)C(F)(F)C(F)(F)C(F)(F)C(F)(F)C(F)(F)Cl. The number of hydrogen-bond donors (Lipinski definition) is 0. The summed E-state index contributed by atoms with van der Waals surface area (Å²) in [4.78, 5) is 11.6. The number of carbonyl (C=O) groups excluding carboxylic acids is 1. The highest BCUT2D eigenvalue weighted by Gasteiger charge is 2.98. The maximum Gasteiger partial charge on any atom is 0.393 e. The van der Waals surface area contributed by atoms with E-state index in [0.717, 1.165) is 27.7 Å². The Morgan fingerprint density at radius 2 is 0.690 bits per heavy atom. The average molecular weight is 692 g/mol. The molecule has 0 heterocycles. The van der Waals surface area contributed by atoms with Gasteiger partial charge in [0, 0.05) is 13.1 Å². The topological polar surface area (TPSA) is 20.3 Å². The van der Waals surface area contributed by atoms with Gasteiger partial charge in [-0.15, -0.1) is 0 Å². The van der Waals surface area contributed by atoms with E-state index in [0.29, 0.717) is 0 Å². The van der Waals surface area contributed by atoms with Crippen LogP contribution in [-0.2, 0) is 4.79 Å². The van der Waals surface area contributed by atoms with E-state index < -0.39 is 89.5 Å². The summed E-state index contributed by atoms with van der Waals surface area (Å²) in [7, 11) is 0. The van der Waals surface area contributed by atoms with Crippen LogP contribution < -0.4 is 0 Å². The third kappa shape index (κ3) is 5.65. The monoisotopic (exact) mass is 691 g/mol. The lowest BCUT2D eigenvalue weighted by Gasteiger charge is -2.44. The van der Waals surface area contributed by atoms with E-state index in [4.69, 9.17) is 0 Å². The van der Waals surface area contributed by atoms with Crippen molar-refractivity contribution in [2.75, 3.05) is 13.1 Å². The van der Waals surface area contributed by atoms with Crippen molar-refractivity contribution in [2.24, 2.45) is 11.8 Å². The highest BCUT2D eigenvalue weighted by atomic mass is 35.5. The van der Waals surface area contributed by atoms with Gasteiger partial charge in [-0.3, -0.25) is 4.79 Å². The molecule has 0 radical (unpaired) electrons. The average Bonchev–Trinajstić information content (AvgIpc) is 2.75. The normalized spacial score (nSPS) is 16.0. The number of carbonyl (C=O) groups is 1. The number of amides is 1. The Balaban J connectivity index is 7.17. The summed E-state index contributed by atoms with van der Waals surface area (Å²) >= 11 is 3.35. The minimum Gasteiger partial charge on any atom is -0.337 e. The molecule has 0 bridgehead atoms. The highest BCUT2D eigenvalue weighted by molar-refractivity contribution is 6.22. The van der Waals surface area contributed by atoms with Crippen molar-refractivity contribution in [1.29, 1.82) is 0 Å². The molecule has 0 spiro atoms. The molecule has 0 rings (SSSR count). The van der Waals surface area contributed by atoms with Gasteiger partial charge in [-0.2, -0.15) is 87.8 Å². The first-order chi connectivity index (χ1) is 17.9. The zero-order valence-corrected chi connectivity index (χ0v) is 21.6. The Kier molecular flexibility index (Phi) is 10.6. The molecule has 0 saturated carbocycles. The third-order valence-electron chi connectivity index (χ3n) is 5.24. The summed E-state index contributed by atoms with van der Waals surface area (Å²) in [5.74, 6) is -82.7. The summed E-state index contributed by atoms with van der Waals surface area (Å²) in [6.45, 7) is 2.34. The predicted octanol–water partition coefficient (Wildman–Crippen LogP) is 8.68. The van der Waals surface area contributed by atoms with Crippen molar-refractivity contribution >= 4 is 17.5 Å². The Labute approximate surface area is 227 Å². The molecule has 0 aliphatic carbocycles. The summed E-state index contributed by atoms with van der Waals surface area (Å²) in [6, 6.07) is 0. The first kappa shape index (κ1) is 40.4. The number of hydrogen-bond acceptors (Lipinski definition) is 1. The second-order valence-electron chi connectivity index (χ2n) is 9.67. The smallest absolute Gasteiger partial charge is 0.337 e. The lowest BCUT2D eigenvalue weighted by atomic mass is 9.86. The van der Waals surface area contributed by atoms with Gasteiger partial charge in [0.05, 0.1) is 0 Å². The van der Waals surface area contributed by atoms with Gasteiger partial charge >= 0.3 is 58.7 Å². The van der Waals surface area contributed by atoms with Crippen molar-refractivity contribution in [3.63, 3.8) is 0 Å². The number of rotatable bonds is 14. The van der Waals surface area contributed by atoms with Gasteiger partial charge in [-0.25, -0.2) is 0 Å². The van der Waals surface area contributed by atoms with Gasteiger partial charge in [0.15, 0.2) is 0 Å². The van der Waals surface area contributed by atoms with Crippen molar-refractivity contribution in [3.8, 4) is 0 Å². The Morgan fingerprint density at radius 1 is 0.476 bits per heavy atom. The third-order valence-corrected chi connectivity index (χ3v) is 5.47. The molecule has 42 heavy (non-hydrogen) atoms. The lowest BCUT2D eigenvalue weighted by Crippen LogP contribution is -2.77. The molecular weight excluding hydrogens is 674 g/mol. The molecule has 0 aromatic heterocycles. The largest absolute Gasteiger partial charge is 0.393 e. The maximum absolute atomic E-state index is 14.3. The number of halogens is 21. The van der Waals surface area contributed by atoms with Gasteiger partial charge in [0.1, 0.15) is 0 Å². The molecule has 0 aliphatic rings. The van der Waals surface area contributed by atoms with Crippen LogP contribution in [0.15, 0.2) is 0 Å². The number of nitrogens with zero attached hydrogens (tertiary/aromatic N) is 1. The van der Waals surface area contributed by atoms with Crippen LogP contribution in [-0.4, -0.2) is 82.6 Å². The zero-order valence-electron chi connectivity index (χ0n) is 20.9. The molecule has 0 unspecified atom stereocenters. The lowest BCUT2D eigenvalue weighted by molar-refractivity contribution is -0.464. The standard InChI is InChI=1S/C19H18ClF20NO/c1-7(2)5-41(6-8(3)4)9(42)10(21,22)11(23,24)12(25,26)13(27,28)14(29,30)15(31,32)16(33,34)17(35,36)18(37,38)19(20,39)40/h7-8H,5-6H2,1-4H3. The van der Waals surface area contributed by atoms with E-state index in [2.05, 4.69) is 11.6 Å². The molecule has 2 nitrogen and oxygen atoms in total. The zero-order chi connectivity index (χ0) is 34.7. The molecule has 0 fully saturated rings. The molecule has 1 amide bonds. The van der Waals surface area contributed by atoms with Gasteiger partial charge < -0.3 is 4.90 Å². The quantitative estimate of drug-likeness (QED) is 0.132. The van der Waals surface area contributed by atoms with Crippen LogP contribution in [0.3, 0.4) is 0 Å². The van der Waals surface area contributed by atoms with Crippen LogP contribution in [0, 0.1) is 11.8 Å². The fourth-order valence-electron chi connectivity index (χ4n) is 3.01.